The number of aliphatic hydroxyl groups is 1. The summed E-state index contributed by atoms with van der Waals surface area (Å²) < 4.78 is 0. The Morgan fingerprint density at radius 2 is 2.00 bits per heavy atom. The Bertz CT molecular complexity index is 374. The third-order valence-corrected chi connectivity index (χ3v) is 1.44. The van der Waals surface area contributed by atoms with Crippen LogP contribution in [-0.4, -0.2) is 10.9 Å². The number of carbonyl (C=O) groups is 1. The van der Waals surface area contributed by atoms with Gasteiger partial charge in [-0.15, -0.1) is 0 Å². The second kappa shape index (κ2) is 4.07. The highest BCUT2D eigenvalue weighted by atomic mass is 16.3. The monoisotopic (exact) mass is 173 g/mol. The number of benzene rings is 1. The molecule has 0 amide bonds. The van der Waals surface area contributed by atoms with E-state index in [2.05, 4.69) is 0 Å². The molecule has 0 aliphatic heterocycles. The van der Waals surface area contributed by atoms with E-state index in [-0.39, 0.29) is 0 Å². The molecule has 1 rings (SSSR count). The zero-order valence-corrected chi connectivity index (χ0v) is 6.77. The molecule has 3 nitrogen and oxygen atoms in total. The van der Waals surface area contributed by atoms with E-state index in [0.717, 1.165) is 0 Å². The van der Waals surface area contributed by atoms with Gasteiger partial charge >= 0.3 is 0 Å². The number of nitriles is 1. The molecule has 1 aromatic carbocycles. The van der Waals surface area contributed by atoms with Gasteiger partial charge in [0, 0.05) is 0 Å². The smallest absolute Gasteiger partial charge is 0.296 e. The van der Waals surface area contributed by atoms with Crippen LogP contribution in [0.4, 0.5) is 0 Å². The molecule has 0 spiro atoms. The number of hydrogen-bond donors (Lipinski definition) is 1. The van der Waals surface area contributed by atoms with Gasteiger partial charge in [-0.1, -0.05) is 30.3 Å². The maximum absolute atomic E-state index is 10.6. The molecule has 13 heavy (non-hydrogen) atoms. The molecule has 1 aromatic rings. The fourth-order valence-corrected chi connectivity index (χ4v) is 0.830. The summed E-state index contributed by atoms with van der Waals surface area (Å²) in [6.45, 7) is 0. The van der Waals surface area contributed by atoms with Crippen molar-refractivity contribution in [2.45, 2.75) is 0 Å². The van der Waals surface area contributed by atoms with Crippen molar-refractivity contribution in [3.05, 3.63) is 41.7 Å². The molecule has 0 aromatic heterocycles. The summed E-state index contributed by atoms with van der Waals surface area (Å²) in [5.41, 5.74) is 0.684. The predicted octanol–water partition coefficient (Wildman–Crippen LogP) is 1.68. The van der Waals surface area contributed by atoms with Crippen molar-refractivity contribution in [2.75, 3.05) is 0 Å². The van der Waals surface area contributed by atoms with Crippen LogP contribution in [0.5, 0.6) is 0 Å². The fraction of sp³-hybridized carbons (Fsp3) is 0. The Balaban J connectivity index is 2.91. The van der Waals surface area contributed by atoms with E-state index in [1.54, 1.807) is 24.3 Å². The molecule has 0 unspecified atom stereocenters. The van der Waals surface area contributed by atoms with Gasteiger partial charge in [-0.05, 0) is 11.6 Å². The fourth-order valence-electron chi connectivity index (χ4n) is 0.830. The van der Waals surface area contributed by atoms with E-state index in [0.29, 0.717) is 5.56 Å². The van der Waals surface area contributed by atoms with Crippen LogP contribution in [0.1, 0.15) is 5.56 Å². The SMILES string of the molecule is N#CC(=O)C(O)=Cc1ccccc1. The maximum atomic E-state index is 10.6. The van der Waals surface area contributed by atoms with Gasteiger partial charge < -0.3 is 5.11 Å². The lowest BCUT2D eigenvalue weighted by molar-refractivity contribution is -0.112. The van der Waals surface area contributed by atoms with Gasteiger partial charge in [0.2, 0.25) is 0 Å². The standard InChI is InChI=1S/C10H7NO2/c11-7-10(13)9(12)6-8-4-2-1-3-5-8/h1-6,12H. The Labute approximate surface area is 75.5 Å². The Morgan fingerprint density at radius 1 is 1.38 bits per heavy atom. The van der Waals surface area contributed by atoms with Crippen molar-refractivity contribution < 1.29 is 9.90 Å². The number of aliphatic hydroxyl groups excluding tert-OH is 1. The highest BCUT2D eigenvalue weighted by molar-refractivity contribution is 6.07. The van der Waals surface area contributed by atoms with Gasteiger partial charge in [0.1, 0.15) is 6.07 Å². The number of rotatable bonds is 2. The molecule has 64 valence electrons. The molecular formula is C10H7NO2. The summed E-state index contributed by atoms with van der Waals surface area (Å²) >= 11 is 0. The number of hydrogen-bond acceptors (Lipinski definition) is 3. The summed E-state index contributed by atoms with van der Waals surface area (Å²) in [6.07, 6.45) is 1.26. The van der Waals surface area contributed by atoms with Gasteiger partial charge in [0.15, 0.2) is 5.76 Å². The average Bonchev–Trinajstić information content (AvgIpc) is 2.18. The molecule has 0 atom stereocenters. The summed E-state index contributed by atoms with van der Waals surface area (Å²) in [6, 6.07) is 10.1. The lowest BCUT2D eigenvalue weighted by Gasteiger charge is -1.92. The van der Waals surface area contributed by atoms with Gasteiger partial charge in [0.25, 0.3) is 5.78 Å². The van der Waals surface area contributed by atoms with Gasteiger partial charge in [-0.2, -0.15) is 5.26 Å². The van der Waals surface area contributed by atoms with Crippen LogP contribution >= 0.6 is 0 Å². The van der Waals surface area contributed by atoms with E-state index < -0.39 is 11.5 Å². The van der Waals surface area contributed by atoms with Crippen molar-refractivity contribution in [1.82, 2.24) is 0 Å². The Morgan fingerprint density at radius 3 is 2.54 bits per heavy atom. The van der Waals surface area contributed by atoms with Crippen LogP contribution in [0.25, 0.3) is 6.08 Å². The van der Waals surface area contributed by atoms with Crippen LogP contribution in [-0.2, 0) is 4.79 Å². The minimum atomic E-state index is -0.927. The molecule has 0 heterocycles. The topological polar surface area (TPSA) is 61.1 Å². The lowest BCUT2D eigenvalue weighted by Crippen LogP contribution is -1.96. The molecule has 0 aliphatic rings. The number of carbonyl (C=O) groups excluding carboxylic acids is 1. The van der Waals surface area contributed by atoms with E-state index in [1.807, 2.05) is 6.07 Å². The van der Waals surface area contributed by atoms with Crippen LogP contribution in [0, 0.1) is 11.3 Å². The van der Waals surface area contributed by atoms with Gasteiger partial charge in [-0.25, -0.2) is 0 Å². The largest absolute Gasteiger partial charge is 0.504 e. The van der Waals surface area contributed by atoms with Crippen molar-refractivity contribution in [3.8, 4) is 6.07 Å². The van der Waals surface area contributed by atoms with E-state index >= 15 is 0 Å². The summed E-state index contributed by atoms with van der Waals surface area (Å²) in [5.74, 6) is -1.46. The number of ketones is 1. The lowest BCUT2D eigenvalue weighted by atomic mass is 10.2. The first-order chi connectivity index (χ1) is 6.24. The number of allylic oxidation sites excluding steroid dienone is 1. The highest BCUT2D eigenvalue weighted by Gasteiger charge is 2.04. The van der Waals surface area contributed by atoms with Crippen molar-refractivity contribution in [3.63, 3.8) is 0 Å². The average molecular weight is 173 g/mol. The summed E-state index contributed by atoms with van der Waals surface area (Å²) in [4.78, 5) is 10.6. The van der Waals surface area contributed by atoms with Crippen LogP contribution in [0.15, 0.2) is 36.1 Å². The molecule has 0 fully saturated rings. The zero-order chi connectivity index (χ0) is 9.68. The summed E-state index contributed by atoms with van der Waals surface area (Å²) in [7, 11) is 0. The molecule has 0 saturated heterocycles. The van der Waals surface area contributed by atoms with E-state index in [1.165, 1.54) is 12.1 Å². The normalized spacial score (nSPS) is 10.5. The zero-order valence-electron chi connectivity index (χ0n) is 6.77. The van der Waals surface area contributed by atoms with Crippen LogP contribution < -0.4 is 0 Å². The summed E-state index contributed by atoms with van der Waals surface area (Å²) in [5, 5.41) is 17.2. The molecule has 0 aliphatic carbocycles. The van der Waals surface area contributed by atoms with Crippen molar-refractivity contribution in [2.24, 2.45) is 0 Å². The van der Waals surface area contributed by atoms with E-state index in [4.69, 9.17) is 10.4 Å². The molecule has 0 radical (unpaired) electrons. The Kier molecular flexibility index (Phi) is 2.82. The Hall–Kier alpha value is -2.08. The second-order valence-corrected chi connectivity index (χ2v) is 2.38. The van der Waals surface area contributed by atoms with Gasteiger partial charge in [0.05, 0.1) is 0 Å². The van der Waals surface area contributed by atoms with E-state index in [9.17, 15) is 4.79 Å². The van der Waals surface area contributed by atoms with Crippen LogP contribution in [0.2, 0.25) is 0 Å². The number of nitrogens with zero attached hydrogens (tertiary/aromatic N) is 1. The molecule has 1 N–H and O–H groups in total. The first kappa shape index (κ1) is 9.01. The minimum Gasteiger partial charge on any atom is -0.504 e. The third-order valence-electron chi connectivity index (χ3n) is 1.44. The second-order valence-electron chi connectivity index (χ2n) is 2.38. The maximum Gasteiger partial charge on any atom is 0.296 e. The van der Waals surface area contributed by atoms with Crippen LogP contribution in [0.3, 0.4) is 0 Å². The molecule has 0 saturated carbocycles. The molecule has 0 bridgehead atoms. The predicted molar refractivity (Wildman–Crippen MR) is 47.7 cm³/mol. The third kappa shape index (κ3) is 2.46. The number of Topliss-reactive ketones (excluding diaryl/α,β-unsaturated/α-hetero) is 1. The first-order valence-electron chi connectivity index (χ1n) is 3.64. The molecular weight excluding hydrogens is 166 g/mol. The first-order valence-corrected chi connectivity index (χ1v) is 3.64. The molecule has 3 heteroatoms. The van der Waals surface area contributed by atoms with Crippen molar-refractivity contribution in [1.29, 1.82) is 5.26 Å². The minimum absolute atomic E-state index is 0.534. The van der Waals surface area contributed by atoms with Crippen molar-refractivity contribution >= 4 is 11.9 Å². The van der Waals surface area contributed by atoms with Gasteiger partial charge in [-0.3, -0.25) is 4.79 Å². The highest BCUT2D eigenvalue weighted by Crippen LogP contribution is 2.04. The quantitative estimate of drug-likeness (QED) is 0.420.